The van der Waals surface area contributed by atoms with E-state index < -0.39 is 17.8 Å². The summed E-state index contributed by atoms with van der Waals surface area (Å²) in [6.45, 7) is 1.12. The Balaban J connectivity index is 1.76. The van der Waals surface area contributed by atoms with E-state index in [1.54, 1.807) is 24.3 Å². The molecule has 1 aromatic heterocycles. The summed E-state index contributed by atoms with van der Waals surface area (Å²) in [6, 6.07) is 14.4. The fraction of sp³-hybridized carbons (Fsp3) is 0.158. The van der Waals surface area contributed by atoms with Crippen molar-refractivity contribution in [3.63, 3.8) is 0 Å². The van der Waals surface area contributed by atoms with Gasteiger partial charge in [0.1, 0.15) is 6.54 Å². The summed E-state index contributed by atoms with van der Waals surface area (Å²) < 4.78 is 39.8. The van der Waals surface area contributed by atoms with E-state index in [4.69, 9.17) is 11.6 Å². The van der Waals surface area contributed by atoms with Crippen molar-refractivity contribution < 1.29 is 18.0 Å². The number of carbonyl (C=O) groups excluding carboxylic acids is 1. The number of para-hydroxylation sites is 1. The van der Waals surface area contributed by atoms with Gasteiger partial charge in [-0.1, -0.05) is 35.5 Å². The standard InChI is InChI=1S/C19H14BrClF3N3OS/c1-11-17(20)18(19(22,23)24)26-27(11)10-16(28)25-14-4-2-3-5-15(14)29-13-8-6-12(21)7-9-13/h2-9H,10H2,1H3,(H,25,28). The van der Waals surface area contributed by atoms with Crippen molar-refractivity contribution in [3.8, 4) is 0 Å². The van der Waals surface area contributed by atoms with Gasteiger partial charge in [-0.15, -0.1) is 0 Å². The maximum Gasteiger partial charge on any atom is 0.436 e. The highest BCUT2D eigenvalue weighted by molar-refractivity contribution is 9.10. The van der Waals surface area contributed by atoms with Gasteiger partial charge in [-0.05, 0) is 59.3 Å². The number of nitrogens with zero attached hydrogens (tertiary/aromatic N) is 2. The molecule has 152 valence electrons. The number of benzene rings is 2. The zero-order chi connectivity index (χ0) is 21.2. The fourth-order valence-electron chi connectivity index (χ4n) is 2.47. The number of alkyl halides is 3. The van der Waals surface area contributed by atoms with Crippen LogP contribution in [0.25, 0.3) is 0 Å². The maximum absolute atomic E-state index is 13.0. The van der Waals surface area contributed by atoms with Crippen LogP contribution < -0.4 is 5.32 Å². The van der Waals surface area contributed by atoms with E-state index in [0.717, 1.165) is 14.5 Å². The number of aromatic nitrogens is 2. The Morgan fingerprint density at radius 3 is 2.48 bits per heavy atom. The highest BCUT2D eigenvalue weighted by Crippen LogP contribution is 2.36. The minimum absolute atomic E-state index is 0.170. The quantitative estimate of drug-likeness (QED) is 0.436. The summed E-state index contributed by atoms with van der Waals surface area (Å²) in [5.41, 5.74) is -0.282. The van der Waals surface area contributed by atoms with Gasteiger partial charge in [0.2, 0.25) is 5.91 Å². The monoisotopic (exact) mass is 503 g/mol. The van der Waals surface area contributed by atoms with Crippen LogP contribution in [0.15, 0.2) is 62.8 Å². The summed E-state index contributed by atoms with van der Waals surface area (Å²) in [6.07, 6.45) is -4.60. The Bertz CT molecular complexity index is 1040. The summed E-state index contributed by atoms with van der Waals surface area (Å²) >= 11 is 10.2. The van der Waals surface area contributed by atoms with E-state index in [1.807, 2.05) is 24.3 Å². The molecule has 0 unspecified atom stereocenters. The molecule has 4 nitrogen and oxygen atoms in total. The largest absolute Gasteiger partial charge is 0.436 e. The Morgan fingerprint density at radius 1 is 1.21 bits per heavy atom. The molecule has 0 radical (unpaired) electrons. The van der Waals surface area contributed by atoms with Crippen LogP contribution in [-0.2, 0) is 17.5 Å². The molecule has 2 aromatic carbocycles. The first-order valence-electron chi connectivity index (χ1n) is 8.27. The first-order chi connectivity index (χ1) is 13.6. The topological polar surface area (TPSA) is 46.9 Å². The van der Waals surface area contributed by atoms with Gasteiger partial charge in [0, 0.05) is 14.8 Å². The van der Waals surface area contributed by atoms with Gasteiger partial charge in [0.25, 0.3) is 0 Å². The van der Waals surface area contributed by atoms with Gasteiger partial charge in [-0.3, -0.25) is 9.48 Å². The average Bonchev–Trinajstić information content (AvgIpc) is 2.94. The predicted octanol–water partition coefficient (Wildman–Crippen LogP) is 6.42. The van der Waals surface area contributed by atoms with Gasteiger partial charge >= 0.3 is 6.18 Å². The lowest BCUT2D eigenvalue weighted by atomic mass is 10.3. The van der Waals surface area contributed by atoms with Crippen LogP contribution in [0, 0.1) is 6.92 Å². The summed E-state index contributed by atoms with van der Waals surface area (Å²) in [4.78, 5) is 14.2. The van der Waals surface area contributed by atoms with Crippen molar-refractivity contribution in [1.29, 1.82) is 0 Å². The van der Waals surface area contributed by atoms with Crippen LogP contribution in [0.4, 0.5) is 18.9 Å². The van der Waals surface area contributed by atoms with Crippen LogP contribution in [0.5, 0.6) is 0 Å². The smallest absolute Gasteiger partial charge is 0.323 e. The maximum atomic E-state index is 13.0. The normalized spacial score (nSPS) is 11.5. The van der Waals surface area contributed by atoms with Gasteiger partial charge in [-0.2, -0.15) is 18.3 Å². The Kier molecular flexibility index (Phi) is 6.60. The number of carbonyl (C=O) groups is 1. The highest BCUT2D eigenvalue weighted by atomic mass is 79.9. The van der Waals surface area contributed by atoms with Gasteiger partial charge in [-0.25, -0.2) is 0 Å². The van der Waals surface area contributed by atoms with Crippen LogP contribution >= 0.6 is 39.3 Å². The summed E-state index contributed by atoms with van der Waals surface area (Å²) in [5, 5.41) is 6.89. The molecule has 0 bridgehead atoms. The van der Waals surface area contributed by atoms with Crippen molar-refractivity contribution in [1.82, 2.24) is 9.78 Å². The molecule has 0 saturated carbocycles. The highest BCUT2D eigenvalue weighted by Gasteiger charge is 2.38. The molecule has 0 aliphatic carbocycles. The van der Waals surface area contributed by atoms with Gasteiger partial charge < -0.3 is 5.32 Å². The van der Waals surface area contributed by atoms with E-state index in [0.29, 0.717) is 10.7 Å². The number of hydrogen-bond donors (Lipinski definition) is 1. The first kappa shape index (κ1) is 21.7. The average molecular weight is 505 g/mol. The molecule has 1 N–H and O–H groups in total. The number of nitrogens with one attached hydrogen (secondary N) is 1. The molecule has 0 fully saturated rings. The van der Waals surface area contributed by atoms with E-state index >= 15 is 0 Å². The van der Waals surface area contributed by atoms with E-state index in [9.17, 15) is 18.0 Å². The molecule has 10 heteroatoms. The lowest BCUT2D eigenvalue weighted by molar-refractivity contribution is -0.142. The summed E-state index contributed by atoms with van der Waals surface area (Å²) in [5.74, 6) is -0.485. The van der Waals surface area contributed by atoms with Crippen molar-refractivity contribution in [2.75, 3.05) is 5.32 Å². The van der Waals surface area contributed by atoms with Gasteiger partial charge in [0.05, 0.1) is 15.9 Å². The van der Waals surface area contributed by atoms with E-state index in [-0.39, 0.29) is 16.7 Å². The lowest BCUT2D eigenvalue weighted by Gasteiger charge is -2.11. The van der Waals surface area contributed by atoms with Crippen LogP contribution in [0.1, 0.15) is 11.4 Å². The minimum atomic E-state index is -4.60. The third kappa shape index (κ3) is 5.34. The molecule has 3 aromatic rings. The minimum Gasteiger partial charge on any atom is -0.323 e. The zero-order valence-corrected chi connectivity index (χ0v) is 18.1. The lowest BCUT2D eigenvalue weighted by Crippen LogP contribution is -2.21. The Labute approximate surface area is 182 Å². The third-order valence-electron chi connectivity index (χ3n) is 3.90. The second-order valence-corrected chi connectivity index (χ2v) is 8.35. The van der Waals surface area contributed by atoms with Crippen LogP contribution in [0.3, 0.4) is 0 Å². The molecular formula is C19H14BrClF3N3OS. The molecule has 0 aliphatic heterocycles. The first-order valence-corrected chi connectivity index (χ1v) is 10.3. The van der Waals surface area contributed by atoms with E-state index in [1.165, 1.54) is 18.7 Å². The molecule has 0 atom stereocenters. The number of hydrogen-bond acceptors (Lipinski definition) is 3. The van der Waals surface area contributed by atoms with Crippen LogP contribution in [0.2, 0.25) is 5.02 Å². The van der Waals surface area contributed by atoms with Crippen molar-refractivity contribution in [2.45, 2.75) is 29.4 Å². The number of rotatable bonds is 5. The molecule has 1 amide bonds. The molecule has 3 rings (SSSR count). The van der Waals surface area contributed by atoms with Crippen LogP contribution in [-0.4, -0.2) is 15.7 Å². The number of anilines is 1. The molecule has 0 aliphatic rings. The Hall–Kier alpha value is -1.97. The molecule has 0 saturated heterocycles. The van der Waals surface area contributed by atoms with E-state index in [2.05, 4.69) is 26.3 Å². The van der Waals surface area contributed by atoms with Crippen molar-refractivity contribution in [2.24, 2.45) is 0 Å². The predicted molar refractivity (Wildman–Crippen MR) is 110 cm³/mol. The summed E-state index contributed by atoms with van der Waals surface area (Å²) in [7, 11) is 0. The number of amides is 1. The molecule has 0 spiro atoms. The van der Waals surface area contributed by atoms with Crippen molar-refractivity contribution >= 4 is 50.9 Å². The molecule has 1 heterocycles. The van der Waals surface area contributed by atoms with Gasteiger partial charge in [0.15, 0.2) is 5.69 Å². The molecule has 29 heavy (non-hydrogen) atoms. The SMILES string of the molecule is Cc1c(Br)c(C(F)(F)F)nn1CC(=O)Nc1ccccc1Sc1ccc(Cl)cc1. The van der Waals surface area contributed by atoms with Crippen molar-refractivity contribution in [3.05, 3.63) is 69.4 Å². The second kappa shape index (κ2) is 8.81. The molecular weight excluding hydrogens is 491 g/mol. The third-order valence-corrected chi connectivity index (χ3v) is 6.18. The second-order valence-electron chi connectivity index (χ2n) is 6.00. The fourth-order valence-corrected chi connectivity index (χ4v) is 4.01. The number of halogens is 5. The Morgan fingerprint density at radius 2 is 1.86 bits per heavy atom. The zero-order valence-electron chi connectivity index (χ0n) is 14.9.